The Hall–Kier alpha value is -1.75. The highest BCUT2D eigenvalue weighted by Gasteiger charge is 2.25. The number of ether oxygens (including phenoxy) is 1. The summed E-state index contributed by atoms with van der Waals surface area (Å²) in [6.07, 6.45) is 0. The standard InChI is InChI=1S/C14H20N2O3/c1-14(2,3)16-13(18)7-15-11-8-19-12-6-9(17)4-5-10(11)12/h4-6,11,15,17H,7-8H2,1-3H3,(H,16,18). The van der Waals surface area contributed by atoms with E-state index >= 15 is 0 Å². The molecule has 2 rings (SSSR count). The van der Waals surface area contributed by atoms with Crippen molar-refractivity contribution in [2.24, 2.45) is 0 Å². The number of carbonyl (C=O) groups is 1. The monoisotopic (exact) mass is 264 g/mol. The second-order valence-corrected chi connectivity index (χ2v) is 5.76. The van der Waals surface area contributed by atoms with Gasteiger partial charge in [-0.2, -0.15) is 0 Å². The molecule has 3 N–H and O–H groups in total. The van der Waals surface area contributed by atoms with Crippen molar-refractivity contribution in [2.75, 3.05) is 13.2 Å². The van der Waals surface area contributed by atoms with Crippen LogP contribution in [0.15, 0.2) is 18.2 Å². The molecule has 0 saturated carbocycles. The van der Waals surface area contributed by atoms with E-state index in [1.807, 2.05) is 26.8 Å². The number of phenolic OH excluding ortho intramolecular Hbond substituents is 1. The molecule has 1 aromatic carbocycles. The third-order valence-electron chi connectivity index (χ3n) is 2.80. The Balaban J connectivity index is 1.91. The van der Waals surface area contributed by atoms with Crippen molar-refractivity contribution in [3.05, 3.63) is 23.8 Å². The maximum Gasteiger partial charge on any atom is 0.234 e. The van der Waals surface area contributed by atoms with Crippen molar-refractivity contribution in [3.63, 3.8) is 0 Å². The van der Waals surface area contributed by atoms with Gasteiger partial charge in [-0.15, -0.1) is 0 Å². The lowest BCUT2D eigenvalue weighted by atomic mass is 10.1. The molecule has 5 nitrogen and oxygen atoms in total. The number of benzene rings is 1. The Morgan fingerprint density at radius 1 is 1.47 bits per heavy atom. The van der Waals surface area contributed by atoms with Crippen LogP contribution < -0.4 is 15.4 Å². The van der Waals surface area contributed by atoms with Crippen LogP contribution in [-0.4, -0.2) is 29.7 Å². The van der Waals surface area contributed by atoms with Gasteiger partial charge in [0.1, 0.15) is 18.1 Å². The van der Waals surface area contributed by atoms with Crippen LogP contribution in [0, 0.1) is 0 Å². The first-order chi connectivity index (χ1) is 8.85. The fraction of sp³-hybridized carbons (Fsp3) is 0.500. The number of aromatic hydroxyl groups is 1. The van der Waals surface area contributed by atoms with E-state index in [0.717, 1.165) is 5.56 Å². The molecule has 1 aliphatic heterocycles. The molecule has 1 atom stereocenters. The third kappa shape index (κ3) is 3.61. The zero-order valence-corrected chi connectivity index (χ0v) is 11.5. The van der Waals surface area contributed by atoms with Crippen LogP contribution in [0.2, 0.25) is 0 Å². The van der Waals surface area contributed by atoms with Crippen LogP contribution in [0.25, 0.3) is 0 Å². The van der Waals surface area contributed by atoms with Gasteiger partial charge in [0, 0.05) is 17.2 Å². The molecule has 0 fully saturated rings. The summed E-state index contributed by atoms with van der Waals surface area (Å²) in [5.74, 6) is 0.818. The normalized spacial score (nSPS) is 17.7. The third-order valence-corrected chi connectivity index (χ3v) is 2.80. The molecule has 1 amide bonds. The molecule has 0 saturated heterocycles. The second-order valence-electron chi connectivity index (χ2n) is 5.76. The highest BCUT2D eigenvalue weighted by Crippen LogP contribution is 2.34. The maximum absolute atomic E-state index is 11.7. The highest BCUT2D eigenvalue weighted by atomic mass is 16.5. The number of hydrogen-bond donors (Lipinski definition) is 3. The summed E-state index contributed by atoms with van der Waals surface area (Å²) in [5, 5.41) is 15.4. The number of rotatable bonds is 3. The van der Waals surface area contributed by atoms with Crippen LogP contribution in [0.5, 0.6) is 11.5 Å². The van der Waals surface area contributed by atoms with E-state index in [4.69, 9.17) is 4.74 Å². The molecule has 104 valence electrons. The number of hydrogen-bond acceptors (Lipinski definition) is 4. The molecule has 0 spiro atoms. The maximum atomic E-state index is 11.7. The SMILES string of the molecule is CC(C)(C)NC(=O)CNC1COc2cc(O)ccc21. The summed E-state index contributed by atoms with van der Waals surface area (Å²) >= 11 is 0. The minimum absolute atomic E-state index is 0.0127. The fourth-order valence-corrected chi connectivity index (χ4v) is 2.05. The molecule has 5 heteroatoms. The summed E-state index contributed by atoms with van der Waals surface area (Å²) in [5.41, 5.74) is 0.746. The van der Waals surface area contributed by atoms with Crippen LogP contribution in [-0.2, 0) is 4.79 Å². The van der Waals surface area contributed by atoms with Crippen LogP contribution in [0.4, 0.5) is 0 Å². The topological polar surface area (TPSA) is 70.6 Å². The predicted molar refractivity (Wildman–Crippen MR) is 72.2 cm³/mol. The van der Waals surface area contributed by atoms with Gasteiger partial charge >= 0.3 is 0 Å². The number of phenols is 1. The summed E-state index contributed by atoms with van der Waals surface area (Å²) in [6.45, 7) is 6.55. The Labute approximate surface area is 113 Å². The quantitative estimate of drug-likeness (QED) is 0.770. The van der Waals surface area contributed by atoms with E-state index in [9.17, 15) is 9.90 Å². The predicted octanol–water partition coefficient (Wildman–Crippen LogP) is 1.33. The van der Waals surface area contributed by atoms with E-state index in [1.165, 1.54) is 0 Å². The Morgan fingerprint density at radius 3 is 2.89 bits per heavy atom. The van der Waals surface area contributed by atoms with E-state index < -0.39 is 0 Å². The molecular formula is C14H20N2O3. The molecule has 1 aliphatic rings. The van der Waals surface area contributed by atoms with Gasteiger partial charge in [0.15, 0.2) is 0 Å². The lowest BCUT2D eigenvalue weighted by molar-refractivity contribution is -0.121. The van der Waals surface area contributed by atoms with Gasteiger partial charge in [-0.05, 0) is 32.9 Å². The summed E-state index contributed by atoms with van der Waals surface area (Å²) in [7, 11) is 0. The largest absolute Gasteiger partial charge is 0.508 e. The van der Waals surface area contributed by atoms with Gasteiger partial charge in [-0.1, -0.05) is 0 Å². The van der Waals surface area contributed by atoms with Gasteiger partial charge in [-0.25, -0.2) is 0 Å². The smallest absolute Gasteiger partial charge is 0.234 e. The molecule has 0 bridgehead atoms. The van der Waals surface area contributed by atoms with Gasteiger partial charge < -0.3 is 15.2 Å². The summed E-state index contributed by atoms with van der Waals surface area (Å²) in [6, 6.07) is 5.02. The summed E-state index contributed by atoms with van der Waals surface area (Å²) < 4.78 is 5.47. The van der Waals surface area contributed by atoms with E-state index in [2.05, 4.69) is 10.6 Å². The molecule has 1 heterocycles. The zero-order valence-electron chi connectivity index (χ0n) is 11.5. The van der Waals surface area contributed by atoms with Gasteiger partial charge in [0.25, 0.3) is 0 Å². The molecule has 0 radical (unpaired) electrons. The minimum atomic E-state index is -0.228. The van der Waals surface area contributed by atoms with Crippen molar-refractivity contribution in [2.45, 2.75) is 32.4 Å². The van der Waals surface area contributed by atoms with Crippen molar-refractivity contribution >= 4 is 5.91 Å². The minimum Gasteiger partial charge on any atom is -0.508 e. The lowest BCUT2D eigenvalue weighted by Crippen LogP contribution is -2.45. The fourth-order valence-electron chi connectivity index (χ4n) is 2.05. The van der Waals surface area contributed by atoms with E-state index in [-0.39, 0.29) is 29.8 Å². The van der Waals surface area contributed by atoms with E-state index in [1.54, 1.807) is 12.1 Å². The molecule has 1 aromatic rings. The molecule has 19 heavy (non-hydrogen) atoms. The Kier molecular flexibility index (Phi) is 3.66. The zero-order chi connectivity index (χ0) is 14.0. The lowest BCUT2D eigenvalue weighted by Gasteiger charge is -2.21. The number of carbonyl (C=O) groups excluding carboxylic acids is 1. The van der Waals surface area contributed by atoms with Gasteiger partial charge in [0.2, 0.25) is 5.91 Å². The van der Waals surface area contributed by atoms with E-state index in [0.29, 0.717) is 12.4 Å². The van der Waals surface area contributed by atoms with Crippen molar-refractivity contribution < 1.29 is 14.6 Å². The first-order valence-corrected chi connectivity index (χ1v) is 6.35. The van der Waals surface area contributed by atoms with Crippen molar-refractivity contribution in [1.29, 1.82) is 0 Å². The number of nitrogens with one attached hydrogen (secondary N) is 2. The molecule has 0 aliphatic carbocycles. The summed E-state index contributed by atoms with van der Waals surface area (Å²) in [4.78, 5) is 11.7. The van der Waals surface area contributed by atoms with Gasteiger partial charge in [-0.3, -0.25) is 10.1 Å². The van der Waals surface area contributed by atoms with Gasteiger partial charge in [0.05, 0.1) is 12.6 Å². The number of fused-ring (bicyclic) bond motifs is 1. The Morgan fingerprint density at radius 2 is 2.21 bits per heavy atom. The van der Waals surface area contributed by atoms with Crippen LogP contribution >= 0.6 is 0 Å². The van der Waals surface area contributed by atoms with Crippen molar-refractivity contribution in [1.82, 2.24) is 10.6 Å². The molecule has 0 aromatic heterocycles. The number of amides is 1. The van der Waals surface area contributed by atoms with Crippen LogP contribution in [0.3, 0.4) is 0 Å². The van der Waals surface area contributed by atoms with Crippen molar-refractivity contribution in [3.8, 4) is 11.5 Å². The first-order valence-electron chi connectivity index (χ1n) is 6.35. The second kappa shape index (κ2) is 5.09. The molecular weight excluding hydrogens is 244 g/mol. The average Bonchev–Trinajstić information content (AvgIpc) is 2.66. The average molecular weight is 264 g/mol. The molecule has 1 unspecified atom stereocenters. The Bertz CT molecular complexity index is 480. The highest BCUT2D eigenvalue weighted by molar-refractivity contribution is 5.78. The first kappa shape index (κ1) is 13.7. The van der Waals surface area contributed by atoms with Crippen LogP contribution in [0.1, 0.15) is 32.4 Å².